The molecule has 0 saturated carbocycles. The fourth-order valence-electron chi connectivity index (χ4n) is 4.67. The standard InChI is InChI=1S/C25H25FN2O3/c1-16-20-7-2-3-8-21(20)28(14-18-5-4-6-19(26)11-18)24(16)25(29)27-13-17-9-10-22-23(12-17)31-15-30-22/h4-6,9-12H,2-3,7-8,13-15H2,1H3,(H,27,29). The van der Waals surface area contributed by atoms with E-state index in [0.717, 1.165) is 48.1 Å². The topological polar surface area (TPSA) is 52.5 Å². The summed E-state index contributed by atoms with van der Waals surface area (Å²) in [7, 11) is 0. The SMILES string of the molecule is Cc1c2c(n(Cc3cccc(F)c3)c1C(=O)NCc1ccc3c(c1)OCO3)CCCC2. The highest BCUT2D eigenvalue weighted by atomic mass is 19.1. The third-order valence-corrected chi connectivity index (χ3v) is 6.18. The normalized spacial score (nSPS) is 14.4. The number of hydrogen-bond acceptors (Lipinski definition) is 3. The van der Waals surface area contributed by atoms with Gasteiger partial charge in [0.2, 0.25) is 6.79 Å². The molecule has 0 atom stereocenters. The Morgan fingerprint density at radius 3 is 2.77 bits per heavy atom. The van der Waals surface area contributed by atoms with Crippen LogP contribution in [0.5, 0.6) is 11.5 Å². The van der Waals surface area contributed by atoms with Gasteiger partial charge in [-0.2, -0.15) is 0 Å². The maximum atomic E-state index is 13.8. The molecule has 1 N–H and O–H groups in total. The molecule has 1 aliphatic carbocycles. The minimum atomic E-state index is -0.260. The molecule has 31 heavy (non-hydrogen) atoms. The van der Waals surface area contributed by atoms with E-state index in [1.807, 2.05) is 31.2 Å². The minimum Gasteiger partial charge on any atom is -0.454 e. The van der Waals surface area contributed by atoms with Crippen molar-refractivity contribution in [3.63, 3.8) is 0 Å². The molecule has 0 unspecified atom stereocenters. The van der Waals surface area contributed by atoms with Gasteiger partial charge in [0.25, 0.3) is 5.91 Å². The van der Waals surface area contributed by atoms with Crippen LogP contribution in [0.15, 0.2) is 42.5 Å². The van der Waals surface area contributed by atoms with Crippen LogP contribution in [-0.2, 0) is 25.9 Å². The number of rotatable bonds is 5. The van der Waals surface area contributed by atoms with E-state index in [1.54, 1.807) is 12.1 Å². The van der Waals surface area contributed by atoms with Crippen LogP contribution in [0.1, 0.15) is 51.3 Å². The number of carbonyl (C=O) groups excluding carboxylic acids is 1. The molecule has 0 radical (unpaired) electrons. The van der Waals surface area contributed by atoms with Gasteiger partial charge in [-0.05, 0) is 79.1 Å². The first-order chi connectivity index (χ1) is 15.1. The molecule has 1 aliphatic heterocycles. The van der Waals surface area contributed by atoms with Crippen molar-refractivity contribution in [2.24, 2.45) is 0 Å². The monoisotopic (exact) mass is 420 g/mol. The lowest BCUT2D eigenvalue weighted by Gasteiger charge is -2.17. The summed E-state index contributed by atoms with van der Waals surface area (Å²) in [6, 6.07) is 12.3. The maximum absolute atomic E-state index is 13.8. The minimum absolute atomic E-state index is 0.110. The van der Waals surface area contributed by atoms with Crippen LogP contribution in [0.25, 0.3) is 0 Å². The summed E-state index contributed by atoms with van der Waals surface area (Å²) in [6.07, 6.45) is 4.18. The summed E-state index contributed by atoms with van der Waals surface area (Å²) in [5.74, 6) is 1.06. The molecule has 0 fully saturated rings. The van der Waals surface area contributed by atoms with E-state index in [2.05, 4.69) is 9.88 Å². The second kappa shape index (κ2) is 8.10. The lowest BCUT2D eigenvalue weighted by molar-refractivity contribution is 0.0941. The summed E-state index contributed by atoms with van der Waals surface area (Å²) in [5, 5.41) is 3.06. The number of carbonyl (C=O) groups is 1. The van der Waals surface area contributed by atoms with Gasteiger partial charge in [0.05, 0.1) is 0 Å². The molecule has 3 aromatic rings. The fourth-order valence-corrected chi connectivity index (χ4v) is 4.67. The third kappa shape index (κ3) is 3.78. The van der Waals surface area contributed by atoms with E-state index in [9.17, 15) is 9.18 Å². The summed E-state index contributed by atoms with van der Waals surface area (Å²) >= 11 is 0. The summed E-state index contributed by atoms with van der Waals surface area (Å²) in [5.41, 5.74) is 6.00. The van der Waals surface area contributed by atoms with Gasteiger partial charge in [0.1, 0.15) is 11.5 Å². The van der Waals surface area contributed by atoms with Gasteiger partial charge < -0.3 is 19.4 Å². The van der Waals surface area contributed by atoms with Gasteiger partial charge in [-0.1, -0.05) is 18.2 Å². The van der Waals surface area contributed by atoms with Crippen molar-refractivity contribution in [1.29, 1.82) is 0 Å². The van der Waals surface area contributed by atoms with Crippen LogP contribution in [0, 0.1) is 12.7 Å². The van der Waals surface area contributed by atoms with Gasteiger partial charge in [0.15, 0.2) is 11.5 Å². The second-order valence-corrected chi connectivity index (χ2v) is 8.19. The predicted octanol–water partition coefficient (Wildman–Crippen LogP) is 4.52. The Kier molecular flexibility index (Phi) is 5.14. The largest absolute Gasteiger partial charge is 0.454 e. The fraction of sp³-hybridized carbons (Fsp3) is 0.320. The number of halogens is 1. The molecule has 6 heteroatoms. The van der Waals surface area contributed by atoms with E-state index in [0.29, 0.717) is 24.5 Å². The number of hydrogen-bond donors (Lipinski definition) is 1. The molecule has 5 nitrogen and oxygen atoms in total. The lowest BCUT2D eigenvalue weighted by atomic mass is 9.95. The van der Waals surface area contributed by atoms with Crippen LogP contribution in [0.3, 0.4) is 0 Å². The zero-order valence-electron chi connectivity index (χ0n) is 17.5. The third-order valence-electron chi connectivity index (χ3n) is 6.18. The van der Waals surface area contributed by atoms with Crippen molar-refractivity contribution < 1.29 is 18.7 Å². The first-order valence-electron chi connectivity index (χ1n) is 10.7. The Morgan fingerprint density at radius 1 is 1.06 bits per heavy atom. The molecular formula is C25H25FN2O3. The van der Waals surface area contributed by atoms with E-state index >= 15 is 0 Å². The van der Waals surface area contributed by atoms with Crippen molar-refractivity contribution in [1.82, 2.24) is 9.88 Å². The number of aromatic nitrogens is 1. The predicted molar refractivity (Wildman–Crippen MR) is 115 cm³/mol. The summed E-state index contributed by atoms with van der Waals surface area (Å²) in [4.78, 5) is 13.3. The van der Waals surface area contributed by atoms with Gasteiger partial charge in [0, 0.05) is 18.8 Å². The van der Waals surface area contributed by atoms with E-state index < -0.39 is 0 Å². The van der Waals surface area contributed by atoms with Crippen LogP contribution >= 0.6 is 0 Å². The average molecular weight is 420 g/mol. The van der Waals surface area contributed by atoms with Crippen molar-refractivity contribution in [2.45, 2.75) is 45.7 Å². The smallest absolute Gasteiger partial charge is 0.268 e. The summed E-state index contributed by atoms with van der Waals surface area (Å²) < 4.78 is 26.6. The van der Waals surface area contributed by atoms with Gasteiger partial charge in [-0.25, -0.2) is 4.39 Å². The molecule has 1 aromatic heterocycles. The molecule has 160 valence electrons. The first-order valence-corrected chi connectivity index (χ1v) is 10.7. The van der Waals surface area contributed by atoms with Crippen LogP contribution in [0.4, 0.5) is 4.39 Å². The zero-order valence-corrected chi connectivity index (χ0v) is 17.5. The second-order valence-electron chi connectivity index (χ2n) is 8.19. The van der Waals surface area contributed by atoms with Crippen molar-refractivity contribution in [3.05, 3.63) is 81.9 Å². The van der Waals surface area contributed by atoms with Crippen LogP contribution < -0.4 is 14.8 Å². The first kappa shape index (κ1) is 19.7. The van der Waals surface area contributed by atoms with Crippen LogP contribution in [0.2, 0.25) is 0 Å². The Bertz CT molecular complexity index is 1150. The van der Waals surface area contributed by atoms with Gasteiger partial charge in [-0.15, -0.1) is 0 Å². The molecule has 5 rings (SSSR count). The number of nitrogens with one attached hydrogen (secondary N) is 1. The zero-order chi connectivity index (χ0) is 21.4. The number of benzene rings is 2. The van der Waals surface area contributed by atoms with E-state index in [4.69, 9.17) is 9.47 Å². The lowest BCUT2D eigenvalue weighted by Crippen LogP contribution is -2.27. The number of nitrogens with zero attached hydrogens (tertiary/aromatic N) is 1. The molecule has 1 amide bonds. The van der Waals surface area contributed by atoms with Crippen LogP contribution in [-0.4, -0.2) is 17.3 Å². The van der Waals surface area contributed by atoms with Gasteiger partial charge >= 0.3 is 0 Å². The Labute approximate surface area is 180 Å². The quantitative estimate of drug-likeness (QED) is 0.660. The Balaban J connectivity index is 1.43. The number of amides is 1. The Morgan fingerprint density at radius 2 is 1.90 bits per heavy atom. The molecular weight excluding hydrogens is 395 g/mol. The molecule has 0 bridgehead atoms. The molecule has 0 spiro atoms. The highest BCUT2D eigenvalue weighted by Crippen LogP contribution is 2.33. The highest BCUT2D eigenvalue weighted by molar-refractivity contribution is 5.95. The molecule has 2 heterocycles. The molecule has 2 aromatic carbocycles. The van der Waals surface area contributed by atoms with Crippen molar-refractivity contribution >= 4 is 5.91 Å². The molecule has 0 saturated heterocycles. The van der Waals surface area contributed by atoms with Crippen molar-refractivity contribution in [3.8, 4) is 11.5 Å². The van der Waals surface area contributed by atoms with E-state index in [-0.39, 0.29) is 18.5 Å². The molecule has 2 aliphatic rings. The number of fused-ring (bicyclic) bond motifs is 2. The summed E-state index contributed by atoms with van der Waals surface area (Å²) in [6.45, 7) is 3.14. The highest BCUT2D eigenvalue weighted by Gasteiger charge is 2.26. The number of ether oxygens (including phenoxy) is 2. The van der Waals surface area contributed by atoms with E-state index in [1.165, 1.54) is 17.3 Å². The van der Waals surface area contributed by atoms with Gasteiger partial charge in [-0.3, -0.25) is 4.79 Å². The maximum Gasteiger partial charge on any atom is 0.268 e. The van der Waals surface area contributed by atoms with Crippen molar-refractivity contribution in [2.75, 3.05) is 6.79 Å². The average Bonchev–Trinajstić information content (AvgIpc) is 3.35. The Hall–Kier alpha value is -3.28.